The molecule has 4 aromatic heterocycles. The lowest BCUT2D eigenvalue weighted by atomic mass is 10.0. The van der Waals surface area contributed by atoms with E-state index >= 15 is 0 Å². The highest BCUT2D eigenvalue weighted by Gasteiger charge is 2.25. The van der Waals surface area contributed by atoms with Crippen molar-refractivity contribution >= 4 is 27.8 Å². The number of hydrogen-bond acceptors (Lipinski definition) is 7. The molecular formula is C26H32N8O. The van der Waals surface area contributed by atoms with Crippen molar-refractivity contribution in [2.24, 2.45) is 17.5 Å². The Hall–Kier alpha value is -3.43. The fourth-order valence-corrected chi connectivity index (χ4v) is 5.20. The lowest BCUT2D eigenvalue weighted by molar-refractivity contribution is 0.0619. The van der Waals surface area contributed by atoms with Gasteiger partial charge in [-0.05, 0) is 56.7 Å². The number of aromatic nitrogens is 5. The van der Waals surface area contributed by atoms with E-state index in [1.807, 2.05) is 19.3 Å². The Balaban J connectivity index is 1.51. The second-order valence-corrected chi connectivity index (χ2v) is 9.91. The van der Waals surface area contributed by atoms with Gasteiger partial charge in [-0.1, -0.05) is 0 Å². The van der Waals surface area contributed by atoms with Gasteiger partial charge in [-0.3, -0.25) is 9.67 Å². The van der Waals surface area contributed by atoms with Gasteiger partial charge in [-0.25, -0.2) is 10.8 Å². The molecule has 1 saturated carbocycles. The lowest BCUT2D eigenvalue weighted by Gasteiger charge is -2.23. The summed E-state index contributed by atoms with van der Waals surface area (Å²) >= 11 is 0. The van der Waals surface area contributed by atoms with Crippen LogP contribution in [0.2, 0.25) is 0 Å². The summed E-state index contributed by atoms with van der Waals surface area (Å²) in [6.07, 6.45) is 10.4. The molecule has 9 nitrogen and oxygen atoms in total. The predicted molar refractivity (Wildman–Crippen MR) is 137 cm³/mol. The van der Waals surface area contributed by atoms with E-state index < -0.39 is 0 Å². The Labute approximate surface area is 204 Å². The predicted octanol–water partition coefficient (Wildman–Crippen LogP) is 3.66. The zero-order valence-corrected chi connectivity index (χ0v) is 20.3. The number of pyridine rings is 2. The van der Waals surface area contributed by atoms with Gasteiger partial charge < -0.3 is 20.0 Å². The number of rotatable bonds is 6. The van der Waals surface area contributed by atoms with Crippen molar-refractivity contribution in [3.05, 3.63) is 48.1 Å². The monoisotopic (exact) mass is 472 g/mol. The van der Waals surface area contributed by atoms with Crippen LogP contribution in [-0.4, -0.2) is 49.6 Å². The van der Waals surface area contributed by atoms with E-state index in [2.05, 4.69) is 38.7 Å². The first-order valence-corrected chi connectivity index (χ1v) is 12.4. The van der Waals surface area contributed by atoms with Crippen LogP contribution in [0.4, 0.5) is 0 Å². The molecule has 4 N–H and O–H groups in total. The third-order valence-corrected chi connectivity index (χ3v) is 7.14. The maximum Gasteiger partial charge on any atom is 0.143 e. The average molecular weight is 473 g/mol. The van der Waals surface area contributed by atoms with E-state index in [0.717, 1.165) is 77.2 Å². The Kier molecular flexibility index (Phi) is 5.46. The maximum atomic E-state index is 6.18. The molecule has 4 aromatic rings. The topological polar surface area (TPSA) is 113 Å². The van der Waals surface area contributed by atoms with Crippen LogP contribution in [0.5, 0.6) is 0 Å². The molecule has 2 aliphatic rings. The van der Waals surface area contributed by atoms with Crippen molar-refractivity contribution < 1.29 is 4.74 Å². The van der Waals surface area contributed by atoms with Crippen molar-refractivity contribution in [1.29, 1.82) is 0 Å². The number of fused-ring (bicyclic) bond motifs is 3. The molecule has 35 heavy (non-hydrogen) atoms. The Bertz CT molecular complexity index is 1420. The average Bonchev–Trinajstić information content (AvgIpc) is 3.50. The van der Waals surface area contributed by atoms with Gasteiger partial charge in [0, 0.05) is 61.4 Å². The molecule has 0 bridgehead atoms. The number of nitrogens with zero attached hydrogens (tertiary/aromatic N) is 6. The highest BCUT2D eigenvalue weighted by Crippen LogP contribution is 2.36. The Morgan fingerprint density at radius 2 is 1.97 bits per heavy atom. The fourth-order valence-electron chi connectivity index (χ4n) is 5.20. The number of nitrogens with two attached hydrogens (primary N) is 2. The van der Waals surface area contributed by atoms with E-state index in [-0.39, 0.29) is 0 Å². The molecule has 0 aromatic carbocycles. The molecule has 1 aliphatic heterocycles. The van der Waals surface area contributed by atoms with E-state index in [9.17, 15) is 0 Å². The smallest absolute Gasteiger partial charge is 0.143 e. The molecule has 2 fully saturated rings. The summed E-state index contributed by atoms with van der Waals surface area (Å²) in [6, 6.07) is 6.90. The van der Waals surface area contributed by atoms with Crippen LogP contribution >= 0.6 is 0 Å². The van der Waals surface area contributed by atoms with Crippen LogP contribution in [0.15, 0.2) is 42.5 Å². The zero-order valence-electron chi connectivity index (χ0n) is 20.3. The normalized spacial score (nSPS) is 17.8. The van der Waals surface area contributed by atoms with Gasteiger partial charge in [0.1, 0.15) is 5.65 Å². The molecule has 0 spiro atoms. The van der Waals surface area contributed by atoms with Gasteiger partial charge in [0.2, 0.25) is 0 Å². The third-order valence-electron chi connectivity index (χ3n) is 7.14. The highest BCUT2D eigenvalue weighted by molar-refractivity contribution is 6.05. The van der Waals surface area contributed by atoms with Crippen molar-refractivity contribution in [3.8, 4) is 11.3 Å². The van der Waals surface area contributed by atoms with Crippen LogP contribution in [0.25, 0.3) is 39.0 Å². The first-order valence-electron chi connectivity index (χ1n) is 12.4. The Morgan fingerprint density at radius 3 is 2.69 bits per heavy atom. The molecule has 1 aliphatic carbocycles. The number of ether oxygens (including phenoxy) is 1. The van der Waals surface area contributed by atoms with E-state index in [0.29, 0.717) is 17.7 Å². The molecule has 1 saturated heterocycles. The number of hydrazine groups is 1. The van der Waals surface area contributed by atoms with Crippen molar-refractivity contribution in [1.82, 2.24) is 29.3 Å². The number of allylic oxidation sites excluding steroid dienone is 1. The molecule has 0 unspecified atom stereocenters. The SMILES string of the molecule is C/C(N)=C(\c1cnc2c3ccc(-c4cnn(C5CC5)c4)nc3n(CC3CCOCC3)c2c1)N(C)N. The van der Waals surface area contributed by atoms with Crippen molar-refractivity contribution in [3.63, 3.8) is 0 Å². The molecule has 0 amide bonds. The van der Waals surface area contributed by atoms with Crippen molar-refractivity contribution in [2.45, 2.75) is 45.2 Å². The zero-order chi connectivity index (χ0) is 24.1. The maximum absolute atomic E-state index is 6.18. The molecule has 182 valence electrons. The van der Waals surface area contributed by atoms with Gasteiger partial charge in [0.25, 0.3) is 0 Å². The number of hydrogen-bond donors (Lipinski definition) is 2. The van der Waals surface area contributed by atoms with E-state index in [1.54, 1.807) is 12.1 Å². The summed E-state index contributed by atoms with van der Waals surface area (Å²) in [4.78, 5) is 10.0. The quantitative estimate of drug-likeness (QED) is 0.325. The first-order chi connectivity index (χ1) is 17.0. The van der Waals surface area contributed by atoms with Crippen LogP contribution in [0, 0.1) is 5.92 Å². The molecule has 9 heteroatoms. The molecule has 0 atom stereocenters. The second-order valence-electron chi connectivity index (χ2n) is 9.91. The van der Waals surface area contributed by atoms with E-state index in [1.165, 1.54) is 12.8 Å². The van der Waals surface area contributed by atoms with Crippen molar-refractivity contribution in [2.75, 3.05) is 20.3 Å². The van der Waals surface area contributed by atoms with Crippen LogP contribution in [0.1, 0.15) is 44.2 Å². The van der Waals surface area contributed by atoms with Gasteiger partial charge in [-0.15, -0.1) is 0 Å². The summed E-state index contributed by atoms with van der Waals surface area (Å²) in [5.41, 5.74) is 13.4. The molecule has 0 radical (unpaired) electrons. The van der Waals surface area contributed by atoms with Gasteiger partial charge >= 0.3 is 0 Å². The highest BCUT2D eigenvalue weighted by atomic mass is 16.5. The van der Waals surface area contributed by atoms with E-state index in [4.69, 9.17) is 26.3 Å². The largest absolute Gasteiger partial charge is 0.401 e. The summed E-state index contributed by atoms with van der Waals surface area (Å²) < 4.78 is 10.0. The van der Waals surface area contributed by atoms with Gasteiger partial charge in [-0.2, -0.15) is 5.10 Å². The molecular weight excluding hydrogens is 440 g/mol. The van der Waals surface area contributed by atoms with Crippen LogP contribution in [0.3, 0.4) is 0 Å². The fraction of sp³-hybridized carbons (Fsp3) is 0.423. The minimum absolute atomic E-state index is 0.526. The second kappa shape index (κ2) is 8.66. The standard InChI is InChI=1S/C26H32N8O/c1-16(27)25(32(2)28)18-11-23-24(29-12-18)21-5-6-22(19-13-30-34(15-19)20-3-4-20)31-26(21)33(23)14-17-7-9-35-10-8-17/h5-6,11-13,15,17,20H,3-4,7-10,14,27-28H2,1-2H3/b25-16-. The van der Waals surface area contributed by atoms with Crippen LogP contribution < -0.4 is 11.6 Å². The summed E-state index contributed by atoms with van der Waals surface area (Å²) in [5, 5.41) is 7.17. The minimum Gasteiger partial charge on any atom is -0.401 e. The minimum atomic E-state index is 0.526. The summed E-state index contributed by atoms with van der Waals surface area (Å²) in [6.45, 7) is 4.34. The molecule has 6 rings (SSSR count). The van der Waals surface area contributed by atoms with Crippen LogP contribution in [-0.2, 0) is 11.3 Å². The lowest BCUT2D eigenvalue weighted by Crippen LogP contribution is -2.26. The third kappa shape index (κ3) is 4.04. The summed E-state index contributed by atoms with van der Waals surface area (Å²) in [7, 11) is 1.79. The van der Waals surface area contributed by atoms with Gasteiger partial charge in [0.05, 0.1) is 34.7 Å². The Morgan fingerprint density at radius 1 is 1.17 bits per heavy atom. The molecule has 5 heterocycles. The first kappa shape index (κ1) is 22.1. The summed E-state index contributed by atoms with van der Waals surface area (Å²) in [5.74, 6) is 6.64. The van der Waals surface area contributed by atoms with Gasteiger partial charge in [0.15, 0.2) is 0 Å².